The summed E-state index contributed by atoms with van der Waals surface area (Å²) < 4.78 is 50.8. The van der Waals surface area contributed by atoms with Gasteiger partial charge in [-0.3, -0.25) is 4.79 Å². The number of carbonyl (C=O) groups is 1. The quantitative estimate of drug-likeness (QED) is 0.696. The molecule has 0 unspecified atom stereocenters. The van der Waals surface area contributed by atoms with Crippen LogP contribution in [0.3, 0.4) is 0 Å². The second-order valence-corrected chi connectivity index (χ2v) is 8.22. The summed E-state index contributed by atoms with van der Waals surface area (Å²) in [5, 5.41) is -0.0106. The SMILES string of the molecule is COc1ccc(CCOc2cc(F)c(C(=O)NS(=O)(=O)N(C)C)cc2Cl)cc1. The minimum absolute atomic E-state index is 0.0106. The van der Waals surface area contributed by atoms with E-state index in [1.165, 1.54) is 14.1 Å². The zero-order valence-corrected chi connectivity index (χ0v) is 17.1. The molecular formula is C18H20ClFN2O5S. The highest BCUT2D eigenvalue weighted by atomic mass is 35.5. The zero-order chi connectivity index (χ0) is 20.9. The Morgan fingerprint density at radius 3 is 2.43 bits per heavy atom. The van der Waals surface area contributed by atoms with E-state index in [9.17, 15) is 17.6 Å². The van der Waals surface area contributed by atoms with Gasteiger partial charge in [-0.2, -0.15) is 12.7 Å². The fraction of sp³-hybridized carbons (Fsp3) is 0.278. The van der Waals surface area contributed by atoms with Crippen molar-refractivity contribution < 1.29 is 27.1 Å². The topological polar surface area (TPSA) is 84.9 Å². The van der Waals surface area contributed by atoms with Crippen LogP contribution < -0.4 is 14.2 Å². The van der Waals surface area contributed by atoms with Gasteiger partial charge in [-0.05, 0) is 23.8 Å². The monoisotopic (exact) mass is 430 g/mol. The second-order valence-electron chi connectivity index (χ2n) is 5.93. The van der Waals surface area contributed by atoms with E-state index in [0.717, 1.165) is 27.8 Å². The van der Waals surface area contributed by atoms with Crippen LogP contribution in [0.4, 0.5) is 4.39 Å². The standard InChI is InChI=1S/C18H20ClFN2O5S/c1-22(2)28(24,25)21-18(23)14-10-15(19)17(11-16(14)20)27-9-8-12-4-6-13(26-3)7-5-12/h4-7,10-11H,8-9H2,1-3H3,(H,21,23). The van der Waals surface area contributed by atoms with Crippen LogP contribution in [0.2, 0.25) is 5.02 Å². The number of methoxy groups -OCH3 is 1. The molecule has 0 atom stereocenters. The number of ether oxygens (including phenoxy) is 2. The molecule has 0 saturated carbocycles. The Labute approximate surface area is 168 Å². The van der Waals surface area contributed by atoms with E-state index in [4.69, 9.17) is 21.1 Å². The van der Waals surface area contributed by atoms with Gasteiger partial charge < -0.3 is 9.47 Å². The third-order valence-electron chi connectivity index (χ3n) is 3.78. The Hall–Kier alpha value is -2.36. The van der Waals surface area contributed by atoms with Crippen molar-refractivity contribution in [1.29, 1.82) is 0 Å². The lowest BCUT2D eigenvalue weighted by Crippen LogP contribution is -2.39. The lowest BCUT2D eigenvalue weighted by atomic mass is 10.1. The molecule has 0 heterocycles. The Balaban J connectivity index is 2.05. The molecule has 2 rings (SSSR count). The molecule has 2 aromatic carbocycles. The van der Waals surface area contributed by atoms with Gasteiger partial charge >= 0.3 is 10.2 Å². The van der Waals surface area contributed by atoms with E-state index in [1.807, 2.05) is 24.3 Å². The molecule has 0 aliphatic rings. The zero-order valence-electron chi connectivity index (χ0n) is 15.5. The highest BCUT2D eigenvalue weighted by molar-refractivity contribution is 7.87. The summed E-state index contributed by atoms with van der Waals surface area (Å²) >= 11 is 6.05. The molecule has 7 nitrogen and oxygen atoms in total. The average molecular weight is 431 g/mol. The maximum absolute atomic E-state index is 14.3. The minimum Gasteiger partial charge on any atom is -0.497 e. The van der Waals surface area contributed by atoms with Crippen LogP contribution in [-0.2, 0) is 16.6 Å². The lowest BCUT2D eigenvalue weighted by molar-refractivity contribution is 0.0975. The van der Waals surface area contributed by atoms with Crippen molar-refractivity contribution in [3.8, 4) is 11.5 Å². The maximum Gasteiger partial charge on any atom is 0.303 e. The average Bonchev–Trinajstić information content (AvgIpc) is 2.64. The van der Waals surface area contributed by atoms with Gasteiger partial charge in [0.2, 0.25) is 0 Å². The summed E-state index contributed by atoms with van der Waals surface area (Å²) in [6, 6.07) is 9.37. The van der Waals surface area contributed by atoms with Crippen molar-refractivity contribution in [3.05, 3.63) is 58.4 Å². The Bertz CT molecular complexity index is 949. The molecule has 1 N–H and O–H groups in total. The molecule has 28 heavy (non-hydrogen) atoms. The number of hydrogen-bond donors (Lipinski definition) is 1. The van der Waals surface area contributed by atoms with Crippen molar-refractivity contribution in [2.45, 2.75) is 6.42 Å². The maximum atomic E-state index is 14.3. The number of hydrogen-bond acceptors (Lipinski definition) is 5. The van der Waals surface area contributed by atoms with Crippen LogP contribution in [0, 0.1) is 5.82 Å². The van der Waals surface area contributed by atoms with E-state index in [0.29, 0.717) is 6.42 Å². The summed E-state index contributed by atoms with van der Waals surface area (Å²) in [6.07, 6.45) is 0.547. The molecule has 0 saturated heterocycles. The van der Waals surface area contributed by atoms with Gasteiger partial charge in [0.1, 0.15) is 17.3 Å². The summed E-state index contributed by atoms with van der Waals surface area (Å²) in [4.78, 5) is 12.0. The predicted octanol–water partition coefficient (Wildman–Crippen LogP) is 2.65. The van der Waals surface area contributed by atoms with Crippen LogP contribution >= 0.6 is 11.6 Å². The van der Waals surface area contributed by atoms with Crippen molar-refractivity contribution in [3.63, 3.8) is 0 Å². The fourth-order valence-corrected chi connectivity index (χ4v) is 2.89. The first-order valence-electron chi connectivity index (χ1n) is 8.13. The van der Waals surface area contributed by atoms with Crippen LogP contribution in [0.25, 0.3) is 0 Å². The molecule has 0 aliphatic carbocycles. The molecule has 1 amide bonds. The first-order chi connectivity index (χ1) is 13.1. The van der Waals surface area contributed by atoms with Crippen molar-refractivity contribution in [2.24, 2.45) is 0 Å². The number of nitrogens with zero attached hydrogens (tertiary/aromatic N) is 1. The summed E-state index contributed by atoms with van der Waals surface area (Å²) in [7, 11) is -0.00380. The molecule has 0 bridgehead atoms. The first kappa shape index (κ1) is 21.9. The van der Waals surface area contributed by atoms with Gasteiger partial charge in [-0.25, -0.2) is 9.11 Å². The smallest absolute Gasteiger partial charge is 0.303 e. The Morgan fingerprint density at radius 1 is 1.21 bits per heavy atom. The van der Waals surface area contributed by atoms with Crippen LogP contribution in [0.1, 0.15) is 15.9 Å². The van der Waals surface area contributed by atoms with Gasteiger partial charge in [0, 0.05) is 26.6 Å². The van der Waals surface area contributed by atoms with Gasteiger partial charge in [0.05, 0.1) is 24.3 Å². The van der Waals surface area contributed by atoms with Crippen LogP contribution in [-0.4, -0.2) is 46.4 Å². The highest BCUT2D eigenvalue weighted by Gasteiger charge is 2.22. The molecule has 0 fully saturated rings. The number of carbonyl (C=O) groups excluding carboxylic acids is 1. The van der Waals surface area contributed by atoms with Crippen LogP contribution in [0.15, 0.2) is 36.4 Å². The highest BCUT2D eigenvalue weighted by Crippen LogP contribution is 2.28. The van der Waals surface area contributed by atoms with Gasteiger partial charge in [0.15, 0.2) is 0 Å². The Kier molecular flexibility index (Phi) is 7.22. The third kappa shape index (κ3) is 5.57. The molecule has 0 spiro atoms. The predicted molar refractivity (Wildman–Crippen MR) is 104 cm³/mol. The second kappa shape index (κ2) is 9.22. The molecule has 0 radical (unpaired) electrons. The van der Waals surface area contributed by atoms with E-state index in [-0.39, 0.29) is 17.4 Å². The largest absolute Gasteiger partial charge is 0.497 e. The number of benzene rings is 2. The summed E-state index contributed by atoms with van der Waals surface area (Å²) in [5.41, 5.74) is 0.486. The van der Waals surface area contributed by atoms with Crippen molar-refractivity contribution in [2.75, 3.05) is 27.8 Å². The van der Waals surface area contributed by atoms with Gasteiger partial charge in [-0.1, -0.05) is 23.7 Å². The summed E-state index contributed by atoms with van der Waals surface area (Å²) in [5.74, 6) is -1.28. The Morgan fingerprint density at radius 2 is 1.86 bits per heavy atom. The normalized spacial score (nSPS) is 11.4. The molecule has 152 valence electrons. The van der Waals surface area contributed by atoms with E-state index >= 15 is 0 Å². The molecule has 10 heteroatoms. The number of amides is 1. The number of nitrogens with one attached hydrogen (secondary N) is 1. The number of halogens is 2. The van der Waals surface area contributed by atoms with E-state index in [1.54, 1.807) is 11.8 Å². The molecule has 0 aliphatic heterocycles. The van der Waals surface area contributed by atoms with Crippen molar-refractivity contribution in [1.82, 2.24) is 9.03 Å². The fourth-order valence-electron chi connectivity index (χ4n) is 2.15. The minimum atomic E-state index is -4.05. The summed E-state index contributed by atoms with van der Waals surface area (Å²) in [6.45, 7) is 0.228. The third-order valence-corrected chi connectivity index (χ3v) is 5.48. The molecule has 2 aromatic rings. The van der Waals surface area contributed by atoms with E-state index in [2.05, 4.69) is 0 Å². The molecule has 0 aromatic heterocycles. The first-order valence-corrected chi connectivity index (χ1v) is 9.95. The van der Waals surface area contributed by atoms with Crippen molar-refractivity contribution >= 4 is 27.7 Å². The molecular weight excluding hydrogens is 411 g/mol. The number of rotatable bonds is 8. The van der Waals surface area contributed by atoms with E-state index < -0.39 is 27.5 Å². The lowest BCUT2D eigenvalue weighted by Gasteiger charge is -2.14. The van der Waals surface area contributed by atoms with Crippen LogP contribution in [0.5, 0.6) is 11.5 Å². The van der Waals surface area contributed by atoms with Gasteiger partial charge in [-0.15, -0.1) is 0 Å². The van der Waals surface area contributed by atoms with Gasteiger partial charge in [0.25, 0.3) is 5.91 Å².